The Morgan fingerprint density at radius 1 is 1.00 bits per heavy atom. The predicted molar refractivity (Wildman–Crippen MR) is 94.0 cm³/mol. The molecule has 0 fully saturated rings. The van der Waals surface area contributed by atoms with E-state index in [2.05, 4.69) is 5.32 Å². The van der Waals surface area contributed by atoms with Crippen molar-refractivity contribution in [1.82, 2.24) is 0 Å². The number of carbonyl (C=O) groups is 3. The van der Waals surface area contributed by atoms with Crippen LogP contribution >= 0.6 is 0 Å². The van der Waals surface area contributed by atoms with Gasteiger partial charge in [0.25, 0.3) is 0 Å². The molecule has 0 saturated carbocycles. The summed E-state index contributed by atoms with van der Waals surface area (Å²) in [6.45, 7) is 2.27. The van der Waals surface area contributed by atoms with Crippen LogP contribution in [0.5, 0.6) is 0 Å². The maximum atomic E-state index is 13.9. The minimum Gasteiger partial charge on any atom is -0.326 e. The van der Waals surface area contributed by atoms with Crippen molar-refractivity contribution in [3.8, 4) is 0 Å². The lowest BCUT2D eigenvalue weighted by Gasteiger charge is -2.21. The first-order valence-corrected chi connectivity index (χ1v) is 8.03. The van der Waals surface area contributed by atoms with E-state index in [-0.39, 0.29) is 18.7 Å². The van der Waals surface area contributed by atoms with Crippen molar-refractivity contribution in [2.75, 3.05) is 16.8 Å². The SMILES string of the molecule is CC(=O)c1cccc(NC(=O)CCN(C(C)=O)c2ccc(F)c(F)c2F)c1. The molecule has 27 heavy (non-hydrogen) atoms. The smallest absolute Gasteiger partial charge is 0.226 e. The predicted octanol–water partition coefficient (Wildman–Crippen LogP) is 3.69. The molecule has 142 valence electrons. The number of amides is 2. The van der Waals surface area contributed by atoms with Crippen LogP contribution in [0.15, 0.2) is 36.4 Å². The van der Waals surface area contributed by atoms with Gasteiger partial charge in [0.15, 0.2) is 23.2 Å². The van der Waals surface area contributed by atoms with Crippen LogP contribution in [0.3, 0.4) is 0 Å². The van der Waals surface area contributed by atoms with Crippen LogP contribution in [0.2, 0.25) is 0 Å². The molecule has 0 aliphatic heterocycles. The van der Waals surface area contributed by atoms with Gasteiger partial charge in [-0.25, -0.2) is 13.2 Å². The molecule has 2 aromatic carbocycles. The maximum Gasteiger partial charge on any atom is 0.226 e. The van der Waals surface area contributed by atoms with E-state index in [0.29, 0.717) is 17.3 Å². The quantitative estimate of drug-likeness (QED) is 0.616. The summed E-state index contributed by atoms with van der Waals surface area (Å²) in [7, 11) is 0. The van der Waals surface area contributed by atoms with Crippen molar-refractivity contribution in [2.45, 2.75) is 20.3 Å². The molecule has 0 spiro atoms. The highest BCUT2D eigenvalue weighted by atomic mass is 19.2. The minimum absolute atomic E-state index is 0.164. The number of benzene rings is 2. The van der Waals surface area contributed by atoms with E-state index in [1.165, 1.54) is 13.0 Å². The highest BCUT2D eigenvalue weighted by Gasteiger charge is 2.21. The first kappa shape index (κ1) is 20.2. The molecular weight excluding hydrogens is 361 g/mol. The van der Waals surface area contributed by atoms with Gasteiger partial charge in [-0.2, -0.15) is 0 Å². The molecule has 2 aromatic rings. The molecule has 8 heteroatoms. The minimum atomic E-state index is -1.69. The maximum absolute atomic E-state index is 13.9. The lowest BCUT2D eigenvalue weighted by atomic mass is 10.1. The zero-order valence-corrected chi connectivity index (χ0v) is 14.7. The molecule has 0 radical (unpaired) electrons. The Bertz CT molecular complexity index is 900. The third-order valence-corrected chi connectivity index (χ3v) is 3.80. The summed E-state index contributed by atoms with van der Waals surface area (Å²) >= 11 is 0. The average molecular weight is 378 g/mol. The molecule has 0 aromatic heterocycles. The van der Waals surface area contributed by atoms with E-state index in [9.17, 15) is 27.6 Å². The van der Waals surface area contributed by atoms with E-state index in [4.69, 9.17) is 0 Å². The largest absolute Gasteiger partial charge is 0.326 e. The van der Waals surface area contributed by atoms with Crippen molar-refractivity contribution in [3.05, 3.63) is 59.4 Å². The summed E-state index contributed by atoms with van der Waals surface area (Å²) in [5.74, 6) is -5.86. The Morgan fingerprint density at radius 2 is 1.70 bits per heavy atom. The van der Waals surface area contributed by atoms with E-state index < -0.39 is 35.0 Å². The summed E-state index contributed by atoms with van der Waals surface area (Å²) in [6, 6.07) is 7.92. The fourth-order valence-corrected chi connectivity index (χ4v) is 2.42. The lowest BCUT2D eigenvalue weighted by molar-refractivity contribution is -0.117. The Kier molecular flexibility index (Phi) is 6.33. The molecule has 0 unspecified atom stereocenters. The third-order valence-electron chi connectivity index (χ3n) is 3.80. The third kappa shape index (κ3) is 4.93. The summed E-state index contributed by atoms with van der Waals surface area (Å²) in [5, 5.41) is 2.56. The van der Waals surface area contributed by atoms with Crippen LogP contribution in [0.4, 0.5) is 24.5 Å². The van der Waals surface area contributed by atoms with Crippen LogP contribution in [0, 0.1) is 17.5 Å². The van der Waals surface area contributed by atoms with Crippen LogP contribution < -0.4 is 10.2 Å². The topological polar surface area (TPSA) is 66.5 Å². The molecule has 2 rings (SSSR count). The second-order valence-corrected chi connectivity index (χ2v) is 5.80. The Hall–Kier alpha value is -3.16. The molecular formula is C19H17F3N2O3. The molecule has 0 aliphatic carbocycles. The van der Waals surface area contributed by atoms with Crippen LogP contribution in [0.25, 0.3) is 0 Å². The van der Waals surface area contributed by atoms with Gasteiger partial charge in [-0.15, -0.1) is 0 Å². The van der Waals surface area contributed by atoms with Gasteiger partial charge in [-0.3, -0.25) is 14.4 Å². The number of anilines is 2. The van der Waals surface area contributed by atoms with Gasteiger partial charge in [0.1, 0.15) is 0 Å². The number of hydrogen-bond donors (Lipinski definition) is 1. The van der Waals surface area contributed by atoms with Gasteiger partial charge < -0.3 is 10.2 Å². The van der Waals surface area contributed by atoms with Gasteiger partial charge >= 0.3 is 0 Å². The Morgan fingerprint density at radius 3 is 2.33 bits per heavy atom. The first-order valence-electron chi connectivity index (χ1n) is 8.03. The number of halogens is 3. The Balaban J connectivity index is 2.09. The fourth-order valence-electron chi connectivity index (χ4n) is 2.42. The molecule has 2 amide bonds. The highest BCUT2D eigenvalue weighted by Crippen LogP contribution is 2.24. The zero-order valence-electron chi connectivity index (χ0n) is 14.7. The Labute approximate surface area is 153 Å². The number of Topliss-reactive ketones (excluding diaryl/α,β-unsaturated/α-hetero) is 1. The van der Waals surface area contributed by atoms with Crippen LogP contribution in [-0.4, -0.2) is 24.1 Å². The average Bonchev–Trinajstić information content (AvgIpc) is 2.61. The lowest BCUT2D eigenvalue weighted by Crippen LogP contribution is -2.33. The van der Waals surface area contributed by atoms with Crippen molar-refractivity contribution in [3.63, 3.8) is 0 Å². The summed E-state index contributed by atoms with van der Waals surface area (Å²) < 4.78 is 40.4. The number of ketones is 1. The molecule has 1 N–H and O–H groups in total. The van der Waals surface area contributed by atoms with Crippen molar-refractivity contribution >= 4 is 29.0 Å². The number of nitrogens with zero attached hydrogens (tertiary/aromatic N) is 1. The zero-order chi connectivity index (χ0) is 20.1. The van der Waals surface area contributed by atoms with E-state index in [1.807, 2.05) is 0 Å². The van der Waals surface area contributed by atoms with E-state index in [0.717, 1.165) is 17.9 Å². The summed E-state index contributed by atoms with van der Waals surface area (Å²) in [6.07, 6.45) is -0.220. The molecule has 0 bridgehead atoms. The summed E-state index contributed by atoms with van der Waals surface area (Å²) in [5.41, 5.74) is 0.357. The number of hydrogen-bond acceptors (Lipinski definition) is 3. The van der Waals surface area contributed by atoms with Crippen molar-refractivity contribution in [1.29, 1.82) is 0 Å². The number of rotatable bonds is 6. The van der Waals surface area contributed by atoms with Gasteiger partial charge in [-0.1, -0.05) is 12.1 Å². The highest BCUT2D eigenvalue weighted by molar-refractivity contribution is 5.98. The van der Waals surface area contributed by atoms with Gasteiger partial charge in [-0.05, 0) is 31.2 Å². The number of carbonyl (C=O) groups excluding carboxylic acids is 3. The van der Waals surface area contributed by atoms with Crippen LogP contribution in [0.1, 0.15) is 30.6 Å². The van der Waals surface area contributed by atoms with Gasteiger partial charge in [0.05, 0.1) is 5.69 Å². The molecule has 0 atom stereocenters. The van der Waals surface area contributed by atoms with Crippen molar-refractivity contribution in [2.24, 2.45) is 0 Å². The van der Waals surface area contributed by atoms with Crippen molar-refractivity contribution < 1.29 is 27.6 Å². The molecule has 0 aliphatic rings. The fraction of sp³-hybridized carbons (Fsp3) is 0.211. The first-order chi connectivity index (χ1) is 12.7. The second-order valence-electron chi connectivity index (χ2n) is 5.80. The molecule has 5 nitrogen and oxygen atoms in total. The number of nitrogens with one attached hydrogen (secondary N) is 1. The van der Waals surface area contributed by atoms with E-state index >= 15 is 0 Å². The normalized spacial score (nSPS) is 10.4. The molecule has 0 heterocycles. The molecule has 0 saturated heterocycles. The standard InChI is InChI=1S/C19H17F3N2O3/c1-11(25)13-4-3-5-14(10-13)23-17(27)8-9-24(12(2)26)16-7-6-15(20)18(21)19(16)22/h3-7,10H,8-9H2,1-2H3,(H,23,27). The van der Waals surface area contributed by atoms with Crippen LogP contribution in [-0.2, 0) is 9.59 Å². The van der Waals surface area contributed by atoms with E-state index in [1.54, 1.807) is 18.2 Å². The monoisotopic (exact) mass is 378 g/mol. The second kappa shape index (κ2) is 8.48. The van der Waals surface area contributed by atoms with Gasteiger partial charge in [0, 0.05) is 31.1 Å². The summed E-state index contributed by atoms with van der Waals surface area (Å²) in [4.78, 5) is 36.1. The van der Waals surface area contributed by atoms with Gasteiger partial charge in [0.2, 0.25) is 11.8 Å².